The zero-order chi connectivity index (χ0) is 21.8. The molecule has 0 heterocycles. The van der Waals surface area contributed by atoms with Crippen molar-refractivity contribution >= 4 is 38.9 Å². The summed E-state index contributed by atoms with van der Waals surface area (Å²) in [5.41, 5.74) is -0.630. The van der Waals surface area contributed by atoms with E-state index in [1.54, 1.807) is 13.8 Å². The molecule has 0 spiro atoms. The van der Waals surface area contributed by atoms with Crippen LogP contribution in [0.5, 0.6) is 5.75 Å². The van der Waals surface area contributed by atoms with Crippen LogP contribution in [0.3, 0.4) is 0 Å². The smallest absolute Gasteiger partial charge is 0.283 e. The Labute approximate surface area is 173 Å². The topological polar surface area (TPSA) is 119 Å². The number of halogens is 1. The van der Waals surface area contributed by atoms with Gasteiger partial charge in [0.1, 0.15) is 11.3 Å². The average Bonchev–Trinajstić information content (AvgIpc) is 2.68. The molecule has 0 saturated carbocycles. The highest BCUT2D eigenvalue weighted by Crippen LogP contribution is 2.31. The Balaban J connectivity index is 2.48. The van der Waals surface area contributed by atoms with E-state index in [9.17, 15) is 23.3 Å². The number of benzene rings is 2. The number of rotatable bonds is 8. The summed E-state index contributed by atoms with van der Waals surface area (Å²) in [6, 6.07) is 7.66. The molecule has 0 aromatic heterocycles. The van der Waals surface area contributed by atoms with Gasteiger partial charge in [-0.15, -0.1) is 0 Å². The summed E-state index contributed by atoms with van der Waals surface area (Å²) in [5, 5.41) is 13.8. The van der Waals surface area contributed by atoms with Crippen molar-refractivity contribution < 1.29 is 22.9 Å². The predicted molar refractivity (Wildman–Crippen MR) is 109 cm³/mol. The highest BCUT2D eigenvalue weighted by molar-refractivity contribution is 7.89. The number of carbonyl (C=O) groups excluding carboxylic acids is 1. The van der Waals surface area contributed by atoms with Gasteiger partial charge in [-0.2, -0.15) is 4.31 Å². The molecule has 0 bridgehead atoms. The van der Waals surface area contributed by atoms with Crippen molar-refractivity contribution in [2.24, 2.45) is 0 Å². The van der Waals surface area contributed by atoms with Crippen LogP contribution in [-0.4, -0.2) is 43.8 Å². The van der Waals surface area contributed by atoms with Gasteiger partial charge in [0.25, 0.3) is 11.6 Å². The molecule has 1 N–H and O–H groups in total. The first-order valence-corrected chi connectivity index (χ1v) is 10.4. The zero-order valence-electron chi connectivity index (χ0n) is 16.0. The van der Waals surface area contributed by atoms with Crippen LogP contribution in [0.2, 0.25) is 5.02 Å². The van der Waals surface area contributed by atoms with Crippen LogP contribution in [0.15, 0.2) is 41.3 Å². The highest BCUT2D eigenvalue weighted by atomic mass is 35.5. The molecule has 11 heteroatoms. The van der Waals surface area contributed by atoms with Gasteiger partial charge in [0.05, 0.1) is 22.6 Å². The highest BCUT2D eigenvalue weighted by Gasteiger charge is 2.25. The van der Waals surface area contributed by atoms with Crippen molar-refractivity contribution in [2.75, 3.05) is 25.5 Å². The van der Waals surface area contributed by atoms with E-state index in [4.69, 9.17) is 16.3 Å². The number of nitrogens with zero attached hydrogens (tertiary/aromatic N) is 2. The molecule has 156 valence electrons. The monoisotopic (exact) mass is 441 g/mol. The van der Waals surface area contributed by atoms with Crippen molar-refractivity contribution in [2.45, 2.75) is 18.7 Å². The fourth-order valence-electron chi connectivity index (χ4n) is 2.70. The van der Waals surface area contributed by atoms with Gasteiger partial charge >= 0.3 is 0 Å². The number of ether oxygens (including phenoxy) is 1. The number of sulfonamides is 1. The maximum atomic E-state index is 12.8. The molecule has 0 aliphatic rings. The molecule has 0 fully saturated rings. The lowest BCUT2D eigenvalue weighted by molar-refractivity contribution is -0.385. The Morgan fingerprint density at radius 3 is 2.41 bits per heavy atom. The molecule has 29 heavy (non-hydrogen) atoms. The van der Waals surface area contributed by atoms with Crippen molar-refractivity contribution in [1.29, 1.82) is 0 Å². The molecule has 0 unspecified atom stereocenters. The first-order valence-electron chi connectivity index (χ1n) is 8.59. The number of hydrogen-bond acceptors (Lipinski definition) is 6. The van der Waals surface area contributed by atoms with Gasteiger partial charge in [0, 0.05) is 24.2 Å². The van der Waals surface area contributed by atoms with Gasteiger partial charge in [0.15, 0.2) is 0 Å². The van der Waals surface area contributed by atoms with E-state index in [0.29, 0.717) is 0 Å². The molecular formula is C18H20ClN3O6S. The lowest BCUT2D eigenvalue weighted by atomic mass is 10.1. The van der Waals surface area contributed by atoms with Gasteiger partial charge < -0.3 is 10.1 Å². The van der Waals surface area contributed by atoms with Crippen LogP contribution >= 0.6 is 11.6 Å². The first kappa shape index (κ1) is 22.6. The number of hydrogen-bond donors (Lipinski definition) is 1. The van der Waals surface area contributed by atoms with E-state index < -0.39 is 26.5 Å². The lowest BCUT2D eigenvalue weighted by Crippen LogP contribution is -2.30. The summed E-state index contributed by atoms with van der Waals surface area (Å²) < 4.78 is 32.0. The van der Waals surface area contributed by atoms with E-state index in [2.05, 4.69) is 5.32 Å². The number of anilines is 1. The Hall–Kier alpha value is -2.69. The van der Waals surface area contributed by atoms with Crippen LogP contribution in [0, 0.1) is 10.1 Å². The van der Waals surface area contributed by atoms with Gasteiger partial charge in [-0.05, 0) is 30.3 Å². The summed E-state index contributed by atoms with van der Waals surface area (Å²) in [7, 11) is -2.42. The third-order valence-electron chi connectivity index (χ3n) is 4.16. The molecule has 0 radical (unpaired) electrons. The number of nitro benzene ring substituents is 1. The largest absolute Gasteiger partial charge is 0.495 e. The SMILES string of the molecule is CCN(CC)S(=O)(=O)c1ccc(OC)c(NC(=O)c2ccc(Cl)cc2[N+](=O)[O-])c1. The summed E-state index contributed by atoms with van der Waals surface area (Å²) in [4.78, 5) is 23.1. The Kier molecular flexibility index (Phi) is 7.17. The quantitative estimate of drug-likeness (QED) is 0.494. The average molecular weight is 442 g/mol. The third-order valence-corrected chi connectivity index (χ3v) is 6.44. The van der Waals surface area contributed by atoms with E-state index in [-0.39, 0.29) is 40.0 Å². The summed E-state index contributed by atoms with van der Waals surface area (Å²) >= 11 is 5.77. The van der Waals surface area contributed by atoms with Crippen molar-refractivity contribution in [3.8, 4) is 5.75 Å². The van der Waals surface area contributed by atoms with Crippen molar-refractivity contribution in [1.82, 2.24) is 4.31 Å². The fourth-order valence-corrected chi connectivity index (χ4v) is 4.35. The molecule has 2 rings (SSSR count). The van der Waals surface area contributed by atoms with Crippen LogP contribution in [0.4, 0.5) is 11.4 Å². The number of methoxy groups -OCH3 is 1. The molecule has 0 aliphatic carbocycles. The maximum absolute atomic E-state index is 12.8. The minimum absolute atomic E-state index is 0.0390. The van der Waals surface area contributed by atoms with Crippen LogP contribution in [0.25, 0.3) is 0 Å². The number of nitro groups is 1. The van der Waals surface area contributed by atoms with Gasteiger partial charge in [0.2, 0.25) is 10.0 Å². The Morgan fingerprint density at radius 1 is 1.21 bits per heavy atom. The van der Waals surface area contributed by atoms with Crippen molar-refractivity contribution in [3.05, 3.63) is 57.1 Å². The molecule has 0 aliphatic heterocycles. The molecule has 0 saturated heterocycles. The minimum Gasteiger partial charge on any atom is -0.495 e. The molecule has 9 nitrogen and oxygen atoms in total. The third kappa shape index (κ3) is 4.84. The summed E-state index contributed by atoms with van der Waals surface area (Å²) in [5.74, 6) is -0.600. The molecular weight excluding hydrogens is 422 g/mol. The van der Waals surface area contributed by atoms with E-state index in [1.807, 2.05) is 0 Å². The van der Waals surface area contributed by atoms with Gasteiger partial charge in [-0.25, -0.2) is 8.42 Å². The minimum atomic E-state index is -3.78. The Morgan fingerprint density at radius 2 is 1.86 bits per heavy atom. The van der Waals surface area contributed by atoms with Gasteiger partial charge in [-0.1, -0.05) is 25.4 Å². The standard InChI is InChI=1S/C18H20ClN3O6S/c1-4-21(5-2)29(26,27)13-7-9-17(28-3)15(11-13)20-18(23)14-8-6-12(19)10-16(14)22(24)25/h6-11H,4-5H2,1-3H3,(H,20,23). The second-order valence-corrected chi connectivity index (χ2v) is 8.20. The lowest BCUT2D eigenvalue weighted by Gasteiger charge is -2.19. The number of carbonyl (C=O) groups is 1. The fraction of sp³-hybridized carbons (Fsp3) is 0.278. The second kappa shape index (κ2) is 9.21. The molecule has 2 aromatic carbocycles. The van der Waals surface area contributed by atoms with Crippen LogP contribution < -0.4 is 10.1 Å². The second-order valence-electron chi connectivity index (χ2n) is 5.82. The first-order chi connectivity index (χ1) is 13.6. The molecule has 2 aromatic rings. The summed E-state index contributed by atoms with van der Waals surface area (Å²) in [6.07, 6.45) is 0. The van der Waals surface area contributed by atoms with E-state index in [1.165, 1.54) is 41.7 Å². The maximum Gasteiger partial charge on any atom is 0.283 e. The molecule has 0 atom stereocenters. The zero-order valence-corrected chi connectivity index (χ0v) is 17.6. The van der Waals surface area contributed by atoms with Gasteiger partial charge in [-0.3, -0.25) is 14.9 Å². The van der Waals surface area contributed by atoms with Crippen LogP contribution in [0.1, 0.15) is 24.2 Å². The Bertz CT molecular complexity index is 1040. The molecule has 1 amide bonds. The van der Waals surface area contributed by atoms with Crippen LogP contribution in [-0.2, 0) is 10.0 Å². The predicted octanol–water partition coefficient (Wildman–Crippen LogP) is 3.54. The number of amides is 1. The summed E-state index contributed by atoms with van der Waals surface area (Å²) in [6.45, 7) is 3.99. The van der Waals surface area contributed by atoms with Crippen molar-refractivity contribution in [3.63, 3.8) is 0 Å². The van der Waals surface area contributed by atoms with E-state index >= 15 is 0 Å². The normalized spacial score (nSPS) is 11.3. The number of nitrogens with one attached hydrogen (secondary N) is 1. The van der Waals surface area contributed by atoms with E-state index in [0.717, 1.165) is 6.07 Å².